The molecule has 0 saturated heterocycles. The van der Waals surface area contributed by atoms with Crippen molar-refractivity contribution in [2.24, 2.45) is 17.4 Å². The number of hydrogen-bond acceptors (Lipinski definition) is 9. The molecule has 0 heterocycles. The summed E-state index contributed by atoms with van der Waals surface area (Å²) in [6.45, 7) is 4.98. The third kappa shape index (κ3) is 26.3. The second-order valence-electron chi connectivity index (χ2n) is 7.74. The molecular formula is C23H35Br2N3O11. The summed E-state index contributed by atoms with van der Waals surface area (Å²) in [7, 11) is 0. The first-order valence-electron chi connectivity index (χ1n) is 11.0. The summed E-state index contributed by atoms with van der Waals surface area (Å²) in [4.78, 5) is 61.6. The maximum Gasteiger partial charge on any atom is 0.408 e. The lowest BCUT2D eigenvalue weighted by molar-refractivity contribution is -0.144. The van der Waals surface area contributed by atoms with Crippen LogP contribution in [0, 0.1) is 5.92 Å². The highest BCUT2D eigenvalue weighted by Gasteiger charge is 2.23. The SMILES string of the molecule is CC(C)[C@H](NC(=O)OCc1ccccc1)C(=O)O.C[C@H](N)C(=O)O.N[C@@H](CC(=O)O)C(=O)O.O=C(CBr)CBr. The Morgan fingerprint density at radius 2 is 1.31 bits per heavy atom. The van der Waals surface area contributed by atoms with Gasteiger partial charge in [0.2, 0.25) is 0 Å². The molecule has 1 aromatic carbocycles. The first kappa shape index (κ1) is 40.4. The lowest BCUT2D eigenvalue weighted by atomic mass is 10.1. The number of carboxylic acids is 4. The van der Waals surface area contributed by atoms with Crippen molar-refractivity contribution >= 4 is 67.6 Å². The van der Waals surface area contributed by atoms with Gasteiger partial charge in [-0.05, 0) is 18.4 Å². The van der Waals surface area contributed by atoms with Gasteiger partial charge in [0.05, 0.1) is 17.1 Å². The first-order chi connectivity index (χ1) is 18.0. The van der Waals surface area contributed by atoms with Gasteiger partial charge in [0.25, 0.3) is 0 Å². The Balaban J connectivity index is -0.000000514. The number of hydrogen-bond donors (Lipinski definition) is 7. The van der Waals surface area contributed by atoms with Crippen molar-refractivity contribution in [1.82, 2.24) is 5.32 Å². The summed E-state index contributed by atoms with van der Waals surface area (Å²) in [5, 5.41) is 36.0. The number of Topliss-reactive ketones (excluding diaryl/α,β-unsaturated/α-hetero) is 1. The van der Waals surface area contributed by atoms with Gasteiger partial charge in [0.1, 0.15) is 24.7 Å². The van der Waals surface area contributed by atoms with Crippen LogP contribution in [0.25, 0.3) is 0 Å². The third-order valence-corrected chi connectivity index (χ3v) is 5.07. The minimum absolute atomic E-state index is 0.122. The van der Waals surface area contributed by atoms with E-state index in [0.717, 1.165) is 5.56 Å². The van der Waals surface area contributed by atoms with Gasteiger partial charge in [-0.2, -0.15) is 0 Å². The van der Waals surface area contributed by atoms with E-state index in [4.69, 9.17) is 36.6 Å². The maximum atomic E-state index is 11.4. The molecule has 0 bridgehead atoms. The minimum Gasteiger partial charge on any atom is -0.481 e. The predicted molar refractivity (Wildman–Crippen MR) is 148 cm³/mol. The molecule has 0 spiro atoms. The van der Waals surface area contributed by atoms with E-state index in [-0.39, 0.29) is 18.3 Å². The second-order valence-corrected chi connectivity index (χ2v) is 8.86. The molecule has 16 heteroatoms. The first-order valence-corrected chi connectivity index (χ1v) is 13.3. The molecule has 0 saturated carbocycles. The van der Waals surface area contributed by atoms with Crippen LogP contribution >= 0.6 is 31.9 Å². The summed E-state index contributed by atoms with van der Waals surface area (Å²) in [5.74, 6) is -4.55. The van der Waals surface area contributed by atoms with E-state index < -0.39 is 54.5 Å². The zero-order valence-corrected chi connectivity index (χ0v) is 24.8. The van der Waals surface area contributed by atoms with Crippen molar-refractivity contribution in [3.63, 3.8) is 0 Å². The minimum atomic E-state index is -1.29. The van der Waals surface area contributed by atoms with E-state index in [0.29, 0.717) is 10.7 Å². The fourth-order valence-electron chi connectivity index (χ4n) is 1.72. The molecule has 1 aromatic rings. The molecular weight excluding hydrogens is 654 g/mol. The number of rotatable bonds is 11. The third-order valence-electron chi connectivity index (χ3n) is 3.82. The highest BCUT2D eigenvalue weighted by Crippen LogP contribution is 2.04. The van der Waals surface area contributed by atoms with Crippen LogP contribution in [0.15, 0.2) is 30.3 Å². The molecule has 9 N–H and O–H groups in total. The standard InChI is InChI=1S/C13H17NO4.C4H7NO4.C3H4Br2O.C3H7NO2/c1-9(2)11(12(15)16)14-13(17)18-8-10-6-4-3-5-7-10;5-2(4(8)9)1-3(6)7;4-1-3(6)2-5;1-2(4)3(5)6/h3-7,9,11H,8H2,1-2H3,(H,14,17)(H,15,16);2H,1,5H2,(H,6,7)(H,8,9);1-2H2;2H,4H2,1H3,(H,5,6)/t11-;2-;;2-/m00.0/s1. The molecule has 14 nitrogen and oxygen atoms in total. The van der Waals surface area contributed by atoms with Gasteiger partial charge in [-0.25, -0.2) is 9.59 Å². The van der Waals surface area contributed by atoms with Gasteiger partial charge in [0, 0.05) is 0 Å². The van der Waals surface area contributed by atoms with E-state index >= 15 is 0 Å². The molecule has 39 heavy (non-hydrogen) atoms. The molecule has 0 aromatic heterocycles. The van der Waals surface area contributed by atoms with Crippen LogP contribution in [0.4, 0.5) is 4.79 Å². The van der Waals surface area contributed by atoms with E-state index in [1.165, 1.54) is 6.92 Å². The van der Waals surface area contributed by atoms with Gasteiger partial charge < -0.3 is 41.9 Å². The van der Waals surface area contributed by atoms with E-state index in [1.54, 1.807) is 13.8 Å². The van der Waals surface area contributed by atoms with E-state index in [9.17, 15) is 28.8 Å². The van der Waals surface area contributed by atoms with E-state index in [2.05, 4.69) is 37.2 Å². The predicted octanol–water partition coefficient (Wildman–Crippen LogP) is 1.66. The van der Waals surface area contributed by atoms with Crippen molar-refractivity contribution in [3.05, 3.63) is 35.9 Å². The second kappa shape index (κ2) is 24.0. The number of carbonyl (C=O) groups is 6. The molecule has 0 aliphatic carbocycles. The van der Waals surface area contributed by atoms with Gasteiger partial charge in [0.15, 0.2) is 5.78 Å². The average molecular weight is 689 g/mol. The highest BCUT2D eigenvalue weighted by atomic mass is 79.9. The lowest BCUT2D eigenvalue weighted by Gasteiger charge is -2.17. The Kier molecular flexibility index (Phi) is 24.9. The summed E-state index contributed by atoms with van der Waals surface area (Å²) < 4.78 is 4.95. The number of carboxylic acid groups (broad SMARTS) is 4. The molecule has 0 aliphatic rings. The zero-order valence-electron chi connectivity index (χ0n) is 21.6. The van der Waals surface area contributed by atoms with Crippen molar-refractivity contribution in [1.29, 1.82) is 0 Å². The zero-order chi connectivity index (χ0) is 31.1. The Bertz CT molecular complexity index is 893. The molecule has 1 amide bonds. The van der Waals surface area contributed by atoms with Gasteiger partial charge >= 0.3 is 30.0 Å². The number of benzene rings is 1. The maximum absolute atomic E-state index is 11.4. The Morgan fingerprint density at radius 1 is 0.846 bits per heavy atom. The van der Waals surface area contributed by atoms with Crippen molar-refractivity contribution in [2.75, 3.05) is 10.7 Å². The topological polar surface area (TPSA) is 257 Å². The Labute approximate surface area is 242 Å². The van der Waals surface area contributed by atoms with E-state index in [1.807, 2.05) is 30.3 Å². The summed E-state index contributed by atoms with van der Waals surface area (Å²) in [6.07, 6.45) is -1.25. The summed E-state index contributed by atoms with van der Waals surface area (Å²) in [5.41, 5.74) is 10.5. The largest absolute Gasteiger partial charge is 0.481 e. The van der Waals surface area contributed by atoms with Crippen LogP contribution in [0.2, 0.25) is 0 Å². The summed E-state index contributed by atoms with van der Waals surface area (Å²) in [6, 6.07) is 6.23. The van der Waals surface area contributed by atoms with Crippen LogP contribution in [0.3, 0.4) is 0 Å². The number of nitrogens with two attached hydrogens (primary N) is 2. The molecule has 1 rings (SSSR count). The quantitative estimate of drug-likeness (QED) is 0.163. The molecule has 0 aliphatic heterocycles. The molecule has 0 fully saturated rings. The Morgan fingerprint density at radius 3 is 1.56 bits per heavy atom. The van der Waals surface area contributed by atoms with Crippen molar-refractivity contribution < 1.29 is 53.9 Å². The monoisotopic (exact) mass is 687 g/mol. The smallest absolute Gasteiger partial charge is 0.408 e. The fraction of sp³-hybridized carbons (Fsp3) is 0.478. The van der Waals surface area contributed by atoms with Crippen LogP contribution in [-0.4, -0.2) is 85.0 Å². The van der Waals surface area contributed by atoms with Crippen LogP contribution in [-0.2, 0) is 35.3 Å². The molecule has 0 unspecified atom stereocenters. The van der Waals surface area contributed by atoms with Crippen molar-refractivity contribution in [3.8, 4) is 0 Å². The fourth-order valence-corrected chi connectivity index (χ4v) is 2.65. The number of alkyl carbamates (subject to hydrolysis) is 1. The molecule has 3 atom stereocenters. The van der Waals surface area contributed by atoms with Crippen LogP contribution < -0.4 is 16.8 Å². The highest BCUT2D eigenvalue weighted by molar-refractivity contribution is 9.10. The number of carbonyl (C=O) groups excluding carboxylic acids is 2. The Hall–Kier alpha value is -3.08. The molecule has 0 radical (unpaired) electrons. The van der Waals surface area contributed by atoms with Gasteiger partial charge in [-0.15, -0.1) is 0 Å². The number of nitrogens with one attached hydrogen (secondary N) is 1. The van der Waals surface area contributed by atoms with Crippen LogP contribution in [0.5, 0.6) is 0 Å². The summed E-state index contributed by atoms with van der Waals surface area (Å²) >= 11 is 5.99. The molecule has 222 valence electrons. The lowest BCUT2D eigenvalue weighted by Crippen LogP contribution is -2.44. The number of aliphatic carboxylic acids is 4. The number of alkyl halides is 2. The van der Waals surface area contributed by atoms with Gasteiger partial charge in [-0.1, -0.05) is 76.0 Å². The number of ether oxygens (including phenoxy) is 1. The number of ketones is 1. The average Bonchev–Trinajstić information content (AvgIpc) is 2.86. The van der Waals surface area contributed by atoms with Crippen molar-refractivity contribution in [2.45, 2.75) is 51.9 Å². The van der Waals surface area contributed by atoms with Crippen LogP contribution in [0.1, 0.15) is 32.8 Å². The normalized spacial score (nSPS) is 11.8. The van der Waals surface area contributed by atoms with Gasteiger partial charge in [-0.3, -0.25) is 19.2 Å². The number of halogens is 2. The number of amides is 1.